The summed E-state index contributed by atoms with van der Waals surface area (Å²) in [4.78, 5) is 9.27. The molecule has 4 heterocycles. The SMILES string of the molecule is Cc1nn(C)cc1CN1CC[C@@H]2OCCN(Cc3ccncc3)[C@H]2C1. The van der Waals surface area contributed by atoms with Crippen molar-refractivity contribution in [3.05, 3.63) is 47.5 Å². The van der Waals surface area contributed by atoms with Crippen molar-refractivity contribution in [2.24, 2.45) is 7.05 Å². The van der Waals surface area contributed by atoms with Crippen LogP contribution >= 0.6 is 0 Å². The summed E-state index contributed by atoms with van der Waals surface area (Å²) in [5, 5.41) is 4.48. The molecule has 0 unspecified atom stereocenters. The van der Waals surface area contributed by atoms with Gasteiger partial charge in [-0.25, -0.2) is 0 Å². The molecule has 0 aromatic carbocycles. The van der Waals surface area contributed by atoms with E-state index in [1.165, 1.54) is 11.1 Å². The minimum atomic E-state index is 0.363. The molecule has 0 aliphatic carbocycles. The number of hydrogen-bond donors (Lipinski definition) is 0. The van der Waals surface area contributed by atoms with Crippen LogP contribution in [-0.2, 0) is 24.9 Å². The van der Waals surface area contributed by atoms with Crippen LogP contribution in [0.15, 0.2) is 30.7 Å². The maximum Gasteiger partial charge on any atom is 0.0755 e. The van der Waals surface area contributed by atoms with E-state index in [4.69, 9.17) is 4.74 Å². The van der Waals surface area contributed by atoms with Crippen LogP contribution in [0.3, 0.4) is 0 Å². The molecule has 134 valence electrons. The molecular formula is C19H27N5O. The number of fused-ring (bicyclic) bond motifs is 1. The summed E-state index contributed by atoms with van der Waals surface area (Å²) in [7, 11) is 1.99. The number of nitrogens with zero attached hydrogens (tertiary/aromatic N) is 5. The first-order chi connectivity index (χ1) is 12.2. The Bertz CT molecular complexity index is 701. The van der Waals surface area contributed by atoms with E-state index in [0.717, 1.165) is 51.4 Å². The highest BCUT2D eigenvalue weighted by Gasteiger charge is 2.37. The van der Waals surface area contributed by atoms with E-state index in [-0.39, 0.29) is 0 Å². The molecule has 6 heteroatoms. The molecule has 2 aliphatic rings. The molecule has 2 aromatic rings. The quantitative estimate of drug-likeness (QED) is 0.845. The van der Waals surface area contributed by atoms with Gasteiger partial charge in [-0.15, -0.1) is 0 Å². The number of piperidine rings is 1. The monoisotopic (exact) mass is 341 g/mol. The third-order valence-electron chi connectivity index (χ3n) is 5.43. The highest BCUT2D eigenvalue weighted by Crippen LogP contribution is 2.26. The summed E-state index contributed by atoms with van der Waals surface area (Å²) >= 11 is 0. The van der Waals surface area contributed by atoms with E-state index in [2.05, 4.69) is 45.1 Å². The van der Waals surface area contributed by atoms with Crippen molar-refractivity contribution in [3.63, 3.8) is 0 Å². The van der Waals surface area contributed by atoms with Gasteiger partial charge in [0, 0.05) is 70.0 Å². The smallest absolute Gasteiger partial charge is 0.0755 e. The van der Waals surface area contributed by atoms with E-state index in [0.29, 0.717) is 12.1 Å². The normalized spacial score (nSPS) is 25.0. The number of aromatic nitrogens is 3. The van der Waals surface area contributed by atoms with Gasteiger partial charge in [-0.3, -0.25) is 19.5 Å². The Balaban J connectivity index is 1.44. The number of aryl methyl sites for hydroxylation is 2. The van der Waals surface area contributed by atoms with Crippen LogP contribution in [-0.4, -0.2) is 63.0 Å². The predicted molar refractivity (Wildman–Crippen MR) is 96.0 cm³/mol. The highest BCUT2D eigenvalue weighted by atomic mass is 16.5. The van der Waals surface area contributed by atoms with Gasteiger partial charge < -0.3 is 4.74 Å². The van der Waals surface area contributed by atoms with Gasteiger partial charge in [-0.1, -0.05) is 0 Å². The zero-order chi connectivity index (χ0) is 17.2. The van der Waals surface area contributed by atoms with E-state index < -0.39 is 0 Å². The van der Waals surface area contributed by atoms with Crippen molar-refractivity contribution in [1.82, 2.24) is 24.6 Å². The van der Waals surface area contributed by atoms with Gasteiger partial charge in [0.25, 0.3) is 0 Å². The van der Waals surface area contributed by atoms with Crippen LogP contribution in [0.2, 0.25) is 0 Å². The van der Waals surface area contributed by atoms with Gasteiger partial charge in [0.05, 0.1) is 18.4 Å². The fraction of sp³-hybridized carbons (Fsp3) is 0.579. The number of hydrogen-bond acceptors (Lipinski definition) is 5. The van der Waals surface area contributed by atoms with Crippen molar-refractivity contribution in [1.29, 1.82) is 0 Å². The average Bonchev–Trinajstić information content (AvgIpc) is 2.93. The Morgan fingerprint density at radius 2 is 2.04 bits per heavy atom. The predicted octanol–water partition coefficient (Wildman–Crippen LogP) is 1.60. The first-order valence-electron chi connectivity index (χ1n) is 9.15. The van der Waals surface area contributed by atoms with Gasteiger partial charge >= 0.3 is 0 Å². The van der Waals surface area contributed by atoms with Gasteiger partial charge in [0.15, 0.2) is 0 Å². The minimum absolute atomic E-state index is 0.363. The summed E-state index contributed by atoms with van der Waals surface area (Å²) < 4.78 is 7.99. The Morgan fingerprint density at radius 1 is 1.20 bits per heavy atom. The van der Waals surface area contributed by atoms with Crippen molar-refractivity contribution in [2.75, 3.05) is 26.2 Å². The standard InChI is InChI=1S/C19H27N5O/c1-15-17(12-22(2)21-15)13-23-8-5-19-18(14-23)24(9-10-25-19)11-16-3-6-20-7-4-16/h3-4,6-7,12,18-19H,5,8-11,13-14H2,1-2H3/t18-,19-/m0/s1. The average molecular weight is 341 g/mol. The third kappa shape index (κ3) is 3.76. The van der Waals surface area contributed by atoms with E-state index >= 15 is 0 Å². The molecule has 0 amide bonds. The van der Waals surface area contributed by atoms with Gasteiger partial charge in [-0.2, -0.15) is 5.10 Å². The first-order valence-corrected chi connectivity index (χ1v) is 9.15. The van der Waals surface area contributed by atoms with Crippen molar-refractivity contribution in [3.8, 4) is 0 Å². The molecule has 0 radical (unpaired) electrons. The summed E-state index contributed by atoms with van der Waals surface area (Å²) in [5.74, 6) is 0. The summed E-state index contributed by atoms with van der Waals surface area (Å²) in [6, 6.07) is 4.70. The Hall–Kier alpha value is -1.76. The molecule has 0 saturated carbocycles. The zero-order valence-corrected chi connectivity index (χ0v) is 15.1. The van der Waals surface area contributed by atoms with Crippen LogP contribution in [0.1, 0.15) is 23.2 Å². The van der Waals surface area contributed by atoms with Crippen LogP contribution in [0, 0.1) is 6.92 Å². The largest absolute Gasteiger partial charge is 0.375 e. The Morgan fingerprint density at radius 3 is 2.80 bits per heavy atom. The fourth-order valence-electron chi connectivity index (χ4n) is 4.12. The summed E-state index contributed by atoms with van der Waals surface area (Å²) in [5.41, 5.74) is 3.80. The molecule has 6 nitrogen and oxygen atoms in total. The molecule has 2 fully saturated rings. The van der Waals surface area contributed by atoms with Gasteiger partial charge in [0.2, 0.25) is 0 Å². The van der Waals surface area contributed by atoms with Crippen molar-refractivity contribution < 1.29 is 4.74 Å². The van der Waals surface area contributed by atoms with Crippen LogP contribution < -0.4 is 0 Å². The molecule has 2 aromatic heterocycles. The molecule has 2 saturated heterocycles. The van der Waals surface area contributed by atoms with E-state index in [9.17, 15) is 0 Å². The Labute approximate surface area is 149 Å². The molecule has 0 bridgehead atoms. The molecule has 0 N–H and O–H groups in total. The lowest BCUT2D eigenvalue weighted by Gasteiger charge is -2.47. The molecule has 25 heavy (non-hydrogen) atoms. The van der Waals surface area contributed by atoms with Gasteiger partial charge in [0.1, 0.15) is 0 Å². The second kappa shape index (κ2) is 7.23. The maximum absolute atomic E-state index is 6.08. The van der Waals surface area contributed by atoms with Crippen molar-refractivity contribution >= 4 is 0 Å². The lowest BCUT2D eigenvalue weighted by atomic mass is 9.97. The lowest BCUT2D eigenvalue weighted by Crippen LogP contribution is -2.59. The molecular weight excluding hydrogens is 314 g/mol. The third-order valence-corrected chi connectivity index (χ3v) is 5.43. The van der Waals surface area contributed by atoms with Gasteiger partial charge in [-0.05, 0) is 31.0 Å². The van der Waals surface area contributed by atoms with Crippen molar-refractivity contribution in [2.45, 2.75) is 38.6 Å². The second-order valence-electron chi connectivity index (χ2n) is 7.24. The number of morpholine rings is 1. The van der Waals surface area contributed by atoms with Crippen LogP contribution in [0.25, 0.3) is 0 Å². The second-order valence-corrected chi connectivity index (χ2v) is 7.24. The molecule has 0 spiro atoms. The van der Waals surface area contributed by atoms with E-state index in [1.807, 2.05) is 24.1 Å². The number of likely N-dealkylation sites (tertiary alicyclic amines) is 1. The maximum atomic E-state index is 6.08. The zero-order valence-electron chi connectivity index (χ0n) is 15.1. The molecule has 2 atom stereocenters. The lowest BCUT2D eigenvalue weighted by molar-refractivity contribution is -0.107. The van der Waals surface area contributed by atoms with Crippen LogP contribution in [0.4, 0.5) is 0 Å². The number of ether oxygens (including phenoxy) is 1. The first kappa shape index (κ1) is 16.7. The number of pyridine rings is 1. The molecule has 2 aliphatic heterocycles. The highest BCUT2D eigenvalue weighted by molar-refractivity contribution is 5.15. The summed E-state index contributed by atoms with van der Waals surface area (Å²) in [6.45, 7) is 8.06. The minimum Gasteiger partial charge on any atom is -0.375 e. The Kier molecular flexibility index (Phi) is 4.83. The summed E-state index contributed by atoms with van der Waals surface area (Å²) in [6.07, 6.45) is 7.38. The number of rotatable bonds is 4. The fourth-order valence-corrected chi connectivity index (χ4v) is 4.12. The molecule has 4 rings (SSSR count). The van der Waals surface area contributed by atoms with Crippen LogP contribution in [0.5, 0.6) is 0 Å². The van der Waals surface area contributed by atoms with E-state index in [1.54, 1.807) is 0 Å². The topological polar surface area (TPSA) is 46.4 Å².